The fourth-order valence-electron chi connectivity index (χ4n) is 2.07. The molecule has 84 valence electrons. The van der Waals surface area contributed by atoms with E-state index >= 15 is 0 Å². The normalized spacial score (nSPS) is 12.8. The summed E-state index contributed by atoms with van der Waals surface area (Å²) in [7, 11) is 0. The maximum absolute atomic E-state index is 6.24. The number of nitrogens with zero attached hydrogens (tertiary/aromatic N) is 1. The van der Waals surface area contributed by atoms with Crippen LogP contribution in [0.5, 0.6) is 0 Å². The van der Waals surface area contributed by atoms with Crippen molar-refractivity contribution >= 4 is 10.9 Å². The predicted molar refractivity (Wildman–Crippen MR) is 68.6 cm³/mol. The Labute approximate surface area is 99.3 Å². The first-order chi connectivity index (χ1) is 8.36. The Hall–Kier alpha value is -2.13. The molecule has 0 saturated carbocycles. The van der Waals surface area contributed by atoms with Crippen LogP contribution < -0.4 is 5.73 Å². The summed E-state index contributed by atoms with van der Waals surface area (Å²) in [5.74, 6) is 0. The zero-order valence-corrected chi connectivity index (χ0v) is 9.30. The van der Waals surface area contributed by atoms with E-state index in [1.165, 1.54) is 0 Å². The van der Waals surface area contributed by atoms with Crippen LogP contribution in [0.15, 0.2) is 54.9 Å². The lowest BCUT2D eigenvalue weighted by Gasteiger charge is -2.09. The fourth-order valence-corrected chi connectivity index (χ4v) is 2.07. The second kappa shape index (κ2) is 4.03. The Bertz CT molecular complexity index is 628. The molecule has 1 atom stereocenters. The van der Waals surface area contributed by atoms with Gasteiger partial charge in [-0.3, -0.25) is 4.98 Å². The van der Waals surface area contributed by atoms with E-state index in [1.807, 2.05) is 42.6 Å². The molecule has 1 aromatic carbocycles. The zero-order valence-electron chi connectivity index (χ0n) is 9.30. The van der Waals surface area contributed by atoms with Crippen molar-refractivity contribution < 1.29 is 0 Å². The van der Waals surface area contributed by atoms with E-state index in [4.69, 9.17) is 5.73 Å². The van der Waals surface area contributed by atoms with Crippen LogP contribution in [0.3, 0.4) is 0 Å². The quantitative estimate of drug-likeness (QED) is 0.701. The molecule has 0 bridgehead atoms. The van der Waals surface area contributed by atoms with Crippen molar-refractivity contribution in [3.05, 3.63) is 66.1 Å². The van der Waals surface area contributed by atoms with Gasteiger partial charge in [-0.1, -0.05) is 24.3 Å². The number of rotatable bonds is 2. The molecule has 0 spiro atoms. The molecule has 3 N–H and O–H groups in total. The topological polar surface area (TPSA) is 54.7 Å². The van der Waals surface area contributed by atoms with Gasteiger partial charge in [0.05, 0.1) is 11.7 Å². The highest BCUT2D eigenvalue weighted by Gasteiger charge is 2.13. The molecule has 0 radical (unpaired) electrons. The standard InChI is InChI=1S/C14H13N3/c15-14(13-7-3-4-8-16-13)11-9-17-12-6-2-1-5-10(11)12/h1-9,14,17H,15H2. The number of fused-ring (bicyclic) bond motifs is 1. The molecule has 3 rings (SSSR count). The highest BCUT2D eigenvalue weighted by atomic mass is 14.8. The fraction of sp³-hybridized carbons (Fsp3) is 0.0714. The van der Waals surface area contributed by atoms with Gasteiger partial charge in [0.15, 0.2) is 0 Å². The van der Waals surface area contributed by atoms with E-state index in [-0.39, 0.29) is 6.04 Å². The lowest BCUT2D eigenvalue weighted by molar-refractivity contribution is 0.836. The van der Waals surface area contributed by atoms with Gasteiger partial charge in [0.1, 0.15) is 0 Å². The maximum atomic E-state index is 6.24. The number of benzene rings is 1. The third-order valence-electron chi connectivity index (χ3n) is 2.96. The molecule has 0 saturated heterocycles. The van der Waals surface area contributed by atoms with E-state index in [9.17, 15) is 0 Å². The van der Waals surface area contributed by atoms with Crippen molar-refractivity contribution in [2.75, 3.05) is 0 Å². The van der Waals surface area contributed by atoms with Crippen molar-refractivity contribution in [3.63, 3.8) is 0 Å². The molecule has 17 heavy (non-hydrogen) atoms. The van der Waals surface area contributed by atoms with Crippen molar-refractivity contribution in [1.29, 1.82) is 0 Å². The number of aromatic amines is 1. The van der Waals surface area contributed by atoms with Crippen LogP contribution in [0.4, 0.5) is 0 Å². The van der Waals surface area contributed by atoms with Gasteiger partial charge >= 0.3 is 0 Å². The van der Waals surface area contributed by atoms with Gasteiger partial charge in [-0.25, -0.2) is 0 Å². The van der Waals surface area contributed by atoms with Crippen LogP contribution in [0.25, 0.3) is 10.9 Å². The average molecular weight is 223 g/mol. The Balaban J connectivity index is 2.10. The van der Waals surface area contributed by atoms with E-state index in [2.05, 4.69) is 16.0 Å². The summed E-state index contributed by atoms with van der Waals surface area (Å²) >= 11 is 0. The monoisotopic (exact) mass is 223 g/mol. The summed E-state index contributed by atoms with van der Waals surface area (Å²) in [6, 6.07) is 13.8. The van der Waals surface area contributed by atoms with E-state index in [0.717, 1.165) is 22.2 Å². The first kappa shape index (κ1) is 10.1. The van der Waals surface area contributed by atoms with Gasteiger partial charge in [0, 0.05) is 28.9 Å². The minimum Gasteiger partial charge on any atom is -0.361 e. The van der Waals surface area contributed by atoms with E-state index < -0.39 is 0 Å². The third kappa shape index (κ3) is 1.70. The Kier molecular flexibility index (Phi) is 2.38. The molecule has 0 amide bonds. The summed E-state index contributed by atoms with van der Waals surface area (Å²) in [6.45, 7) is 0. The van der Waals surface area contributed by atoms with Crippen LogP contribution in [0.2, 0.25) is 0 Å². The lowest BCUT2D eigenvalue weighted by atomic mass is 10.0. The lowest BCUT2D eigenvalue weighted by Crippen LogP contribution is -2.12. The van der Waals surface area contributed by atoms with Crippen LogP contribution >= 0.6 is 0 Å². The summed E-state index contributed by atoms with van der Waals surface area (Å²) in [5.41, 5.74) is 9.32. The Morgan fingerprint density at radius 2 is 1.88 bits per heavy atom. The van der Waals surface area contributed by atoms with Crippen molar-refractivity contribution in [2.24, 2.45) is 5.73 Å². The predicted octanol–water partition coefficient (Wildman–Crippen LogP) is 2.61. The number of para-hydroxylation sites is 1. The van der Waals surface area contributed by atoms with Gasteiger partial charge in [-0.05, 0) is 18.2 Å². The van der Waals surface area contributed by atoms with Crippen molar-refractivity contribution in [3.8, 4) is 0 Å². The highest BCUT2D eigenvalue weighted by molar-refractivity contribution is 5.83. The van der Waals surface area contributed by atoms with Gasteiger partial charge in [-0.15, -0.1) is 0 Å². The zero-order chi connectivity index (χ0) is 11.7. The molecule has 1 unspecified atom stereocenters. The van der Waals surface area contributed by atoms with Crippen LogP contribution in [-0.4, -0.2) is 9.97 Å². The van der Waals surface area contributed by atoms with Gasteiger partial charge in [0.2, 0.25) is 0 Å². The van der Waals surface area contributed by atoms with Crippen LogP contribution in [0, 0.1) is 0 Å². The minimum absolute atomic E-state index is 0.188. The molecule has 0 aliphatic heterocycles. The number of hydrogen-bond acceptors (Lipinski definition) is 2. The Morgan fingerprint density at radius 1 is 1.06 bits per heavy atom. The van der Waals surface area contributed by atoms with Gasteiger partial charge in [0.25, 0.3) is 0 Å². The number of nitrogens with one attached hydrogen (secondary N) is 1. The van der Waals surface area contributed by atoms with Gasteiger partial charge < -0.3 is 10.7 Å². The molecule has 0 fully saturated rings. The first-order valence-corrected chi connectivity index (χ1v) is 5.59. The first-order valence-electron chi connectivity index (χ1n) is 5.59. The number of pyridine rings is 1. The van der Waals surface area contributed by atoms with E-state index in [0.29, 0.717) is 0 Å². The van der Waals surface area contributed by atoms with Crippen molar-refractivity contribution in [1.82, 2.24) is 9.97 Å². The van der Waals surface area contributed by atoms with Crippen LogP contribution in [0.1, 0.15) is 17.3 Å². The second-order valence-electron chi connectivity index (χ2n) is 4.02. The SMILES string of the molecule is NC(c1ccccn1)c1c[nH]c2ccccc12. The summed E-state index contributed by atoms with van der Waals surface area (Å²) in [6.07, 6.45) is 3.73. The second-order valence-corrected chi connectivity index (χ2v) is 4.02. The number of nitrogens with two attached hydrogens (primary N) is 1. The molecule has 3 aromatic rings. The minimum atomic E-state index is -0.188. The summed E-state index contributed by atoms with van der Waals surface area (Å²) in [4.78, 5) is 7.53. The molecule has 3 heteroatoms. The average Bonchev–Trinajstić information content (AvgIpc) is 2.83. The largest absolute Gasteiger partial charge is 0.361 e. The van der Waals surface area contributed by atoms with Crippen molar-refractivity contribution in [2.45, 2.75) is 6.04 Å². The summed E-state index contributed by atoms with van der Waals surface area (Å²) in [5, 5.41) is 1.16. The van der Waals surface area contributed by atoms with Gasteiger partial charge in [-0.2, -0.15) is 0 Å². The molecule has 3 nitrogen and oxygen atoms in total. The molecule has 0 aliphatic rings. The number of hydrogen-bond donors (Lipinski definition) is 2. The smallest absolute Gasteiger partial charge is 0.0747 e. The molecular weight excluding hydrogens is 210 g/mol. The molecular formula is C14H13N3. The van der Waals surface area contributed by atoms with E-state index in [1.54, 1.807) is 6.20 Å². The molecule has 2 aromatic heterocycles. The number of aromatic nitrogens is 2. The third-order valence-corrected chi connectivity index (χ3v) is 2.96. The molecule has 0 aliphatic carbocycles. The highest BCUT2D eigenvalue weighted by Crippen LogP contribution is 2.25. The maximum Gasteiger partial charge on any atom is 0.0747 e. The number of H-pyrrole nitrogens is 1. The summed E-state index contributed by atoms with van der Waals surface area (Å²) < 4.78 is 0. The molecule has 2 heterocycles. The Morgan fingerprint density at radius 3 is 2.71 bits per heavy atom. The van der Waals surface area contributed by atoms with Crippen LogP contribution in [-0.2, 0) is 0 Å².